The van der Waals surface area contributed by atoms with E-state index in [0.717, 1.165) is 31.2 Å². The van der Waals surface area contributed by atoms with Gasteiger partial charge in [0, 0.05) is 34.6 Å². The van der Waals surface area contributed by atoms with Crippen LogP contribution in [0.15, 0.2) is 72.8 Å². The van der Waals surface area contributed by atoms with Crippen molar-refractivity contribution in [3.63, 3.8) is 0 Å². The Morgan fingerprint density at radius 2 is 1.47 bits per heavy atom. The molecule has 1 aliphatic rings. The van der Waals surface area contributed by atoms with Gasteiger partial charge in [-0.05, 0) is 42.7 Å². The molecule has 0 aromatic heterocycles. The van der Waals surface area contributed by atoms with Crippen LogP contribution in [0.3, 0.4) is 0 Å². The van der Waals surface area contributed by atoms with Gasteiger partial charge in [-0.15, -0.1) is 0 Å². The molecular weight excluding hydrogens is 543 g/mol. The number of rotatable bonds is 10. The van der Waals surface area contributed by atoms with Crippen molar-refractivity contribution < 1.29 is 14.3 Å². The number of benzene rings is 3. The SMILES string of the molecule is O=C(NC1CCCCC1)[C@H](Cc1ccccc1)N(Cc1c(Cl)cccc1Cl)C(=O)COc1ccccc1Cl. The second kappa shape index (κ2) is 13.9. The summed E-state index contributed by atoms with van der Waals surface area (Å²) in [5.41, 5.74) is 1.51. The molecule has 0 aliphatic heterocycles. The first-order valence-electron chi connectivity index (χ1n) is 12.9. The topological polar surface area (TPSA) is 58.6 Å². The van der Waals surface area contributed by atoms with Crippen LogP contribution in [0.2, 0.25) is 15.1 Å². The maximum Gasteiger partial charge on any atom is 0.261 e. The highest BCUT2D eigenvalue weighted by Crippen LogP contribution is 2.28. The molecule has 1 saturated carbocycles. The minimum atomic E-state index is -0.797. The average Bonchev–Trinajstić information content (AvgIpc) is 2.92. The van der Waals surface area contributed by atoms with Gasteiger partial charge >= 0.3 is 0 Å². The second-order valence-electron chi connectivity index (χ2n) is 9.49. The Hall–Kier alpha value is -2.73. The summed E-state index contributed by atoms with van der Waals surface area (Å²) in [6.45, 7) is -0.243. The number of halogens is 3. The van der Waals surface area contributed by atoms with Gasteiger partial charge in [0.05, 0.1) is 5.02 Å². The van der Waals surface area contributed by atoms with E-state index in [1.165, 1.54) is 11.3 Å². The van der Waals surface area contributed by atoms with Crippen molar-refractivity contribution in [2.75, 3.05) is 6.61 Å². The van der Waals surface area contributed by atoms with E-state index in [1.54, 1.807) is 42.5 Å². The maximum atomic E-state index is 13.8. The lowest BCUT2D eigenvalue weighted by molar-refractivity contribution is -0.143. The van der Waals surface area contributed by atoms with Crippen molar-refractivity contribution in [2.45, 2.75) is 57.2 Å². The lowest BCUT2D eigenvalue weighted by Gasteiger charge is -2.33. The van der Waals surface area contributed by atoms with E-state index in [-0.39, 0.29) is 31.0 Å². The van der Waals surface area contributed by atoms with Crippen LogP contribution in [-0.4, -0.2) is 35.4 Å². The molecule has 5 nitrogen and oxygen atoms in total. The van der Waals surface area contributed by atoms with E-state index in [9.17, 15) is 9.59 Å². The third-order valence-corrected chi connectivity index (χ3v) is 7.82. The van der Waals surface area contributed by atoms with Gasteiger partial charge in [0.2, 0.25) is 5.91 Å². The minimum absolute atomic E-state index is 0.0544. The van der Waals surface area contributed by atoms with Gasteiger partial charge in [-0.25, -0.2) is 0 Å². The summed E-state index contributed by atoms with van der Waals surface area (Å²) in [5.74, 6) is -0.180. The highest BCUT2D eigenvalue weighted by Gasteiger charge is 2.33. The normalized spacial score (nSPS) is 14.5. The Labute approximate surface area is 239 Å². The number of ether oxygens (including phenoxy) is 1. The monoisotopic (exact) mass is 572 g/mol. The van der Waals surface area contributed by atoms with Gasteiger partial charge in [-0.1, -0.05) is 103 Å². The average molecular weight is 574 g/mol. The summed E-state index contributed by atoms with van der Waals surface area (Å²) in [6, 6.07) is 21.1. The Bertz CT molecular complexity index is 1210. The van der Waals surface area contributed by atoms with Gasteiger partial charge in [0.15, 0.2) is 6.61 Å². The summed E-state index contributed by atoms with van der Waals surface area (Å²) < 4.78 is 5.79. The maximum absolute atomic E-state index is 13.8. The molecule has 4 rings (SSSR count). The Morgan fingerprint density at radius 1 is 0.842 bits per heavy atom. The smallest absolute Gasteiger partial charge is 0.261 e. The molecule has 200 valence electrons. The fraction of sp³-hybridized carbons (Fsp3) is 0.333. The molecule has 3 aromatic rings. The Kier molecular flexibility index (Phi) is 10.3. The predicted molar refractivity (Wildman–Crippen MR) is 153 cm³/mol. The largest absolute Gasteiger partial charge is 0.482 e. The molecule has 38 heavy (non-hydrogen) atoms. The summed E-state index contributed by atoms with van der Waals surface area (Å²) in [6.07, 6.45) is 5.54. The van der Waals surface area contributed by atoms with E-state index >= 15 is 0 Å². The molecule has 3 aromatic carbocycles. The molecular formula is C30H31Cl3N2O3. The lowest BCUT2D eigenvalue weighted by atomic mass is 9.94. The molecule has 1 N–H and O–H groups in total. The van der Waals surface area contributed by atoms with E-state index in [0.29, 0.717) is 32.8 Å². The highest BCUT2D eigenvalue weighted by atomic mass is 35.5. The van der Waals surface area contributed by atoms with E-state index in [2.05, 4.69) is 5.32 Å². The second-order valence-corrected chi connectivity index (χ2v) is 10.7. The first-order chi connectivity index (χ1) is 18.4. The first-order valence-corrected chi connectivity index (χ1v) is 14.0. The molecule has 2 amide bonds. The Balaban J connectivity index is 1.65. The lowest BCUT2D eigenvalue weighted by Crippen LogP contribution is -2.53. The Morgan fingerprint density at radius 3 is 2.16 bits per heavy atom. The van der Waals surface area contributed by atoms with Crippen molar-refractivity contribution in [1.29, 1.82) is 0 Å². The number of carbonyl (C=O) groups is 2. The van der Waals surface area contributed by atoms with E-state index in [4.69, 9.17) is 39.5 Å². The molecule has 0 heterocycles. The number of hydrogen-bond donors (Lipinski definition) is 1. The van der Waals surface area contributed by atoms with Gasteiger partial charge in [0.1, 0.15) is 11.8 Å². The molecule has 0 unspecified atom stereocenters. The van der Waals surface area contributed by atoms with Crippen LogP contribution in [0.1, 0.15) is 43.2 Å². The van der Waals surface area contributed by atoms with Crippen LogP contribution >= 0.6 is 34.8 Å². The minimum Gasteiger partial charge on any atom is -0.482 e. The van der Waals surface area contributed by atoms with Crippen LogP contribution in [0.5, 0.6) is 5.75 Å². The number of amides is 2. The van der Waals surface area contributed by atoms with Crippen molar-refractivity contribution in [2.24, 2.45) is 0 Å². The first kappa shape index (κ1) is 28.3. The van der Waals surface area contributed by atoms with Crippen LogP contribution in [0.4, 0.5) is 0 Å². The van der Waals surface area contributed by atoms with Crippen LogP contribution in [0, 0.1) is 0 Å². The van der Waals surface area contributed by atoms with Crippen LogP contribution in [-0.2, 0) is 22.6 Å². The number of hydrogen-bond acceptors (Lipinski definition) is 3. The van der Waals surface area contributed by atoms with Crippen LogP contribution in [0.25, 0.3) is 0 Å². The zero-order valence-electron chi connectivity index (χ0n) is 21.0. The quantitative estimate of drug-likeness (QED) is 0.281. The van der Waals surface area contributed by atoms with Gasteiger partial charge < -0.3 is 15.0 Å². The fourth-order valence-electron chi connectivity index (χ4n) is 4.74. The zero-order valence-corrected chi connectivity index (χ0v) is 23.3. The molecule has 0 saturated heterocycles. The third kappa shape index (κ3) is 7.66. The van der Waals surface area contributed by atoms with E-state index < -0.39 is 6.04 Å². The predicted octanol–water partition coefficient (Wildman–Crippen LogP) is 7.11. The summed E-state index contributed by atoms with van der Waals surface area (Å²) in [4.78, 5) is 29.1. The van der Waals surface area contributed by atoms with E-state index in [1.807, 2.05) is 30.3 Å². The van der Waals surface area contributed by atoms with Gasteiger partial charge in [0.25, 0.3) is 5.91 Å². The third-order valence-electron chi connectivity index (χ3n) is 6.80. The zero-order chi connectivity index (χ0) is 26.9. The molecule has 0 bridgehead atoms. The fourth-order valence-corrected chi connectivity index (χ4v) is 5.44. The van der Waals surface area contributed by atoms with Crippen molar-refractivity contribution in [3.8, 4) is 5.75 Å². The molecule has 8 heteroatoms. The molecule has 0 spiro atoms. The highest BCUT2D eigenvalue weighted by molar-refractivity contribution is 6.36. The number of nitrogens with zero attached hydrogens (tertiary/aromatic N) is 1. The molecule has 1 fully saturated rings. The molecule has 0 radical (unpaired) electrons. The number of nitrogens with one attached hydrogen (secondary N) is 1. The molecule has 1 atom stereocenters. The van der Waals surface area contributed by atoms with Crippen molar-refractivity contribution in [1.82, 2.24) is 10.2 Å². The summed E-state index contributed by atoms with van der Waals surface area (Å²) in [5, 5.41) is 4.46. The van der Waals surface area contributed by atoms with Crippen molar-refractivity contribution >= 4 is 46.6 Å². The van der Waals surface area contributed by atoms with Gasteiger partial charge in [-0.3, -0.25) is 9.59 Å². The van der Waals surface area contributed by atoms with Crippen LogP contribution < -0.4 is 10.1 Å². The van der Waals surface area contributed by atoms with Crippen molar-refractivity contribution in [3.05, 3.63) is 99.0 Å². The summed E-state index contributed by atoms with van der Waals surface area (Å²) in [7, 11) is 0. The number of carbonyl (C=O) groups excluding carboxylic acids is 2. The molecule has 1 aliphatic carbocycles. The van der Waals surface area contributed by atoms with Gasteiger partial charge in [-0.2, -0.15) is 0 Å². The standard InChI is InChI=1S/C30H31Cl3N2O3/c31-24-15-9-16-25(32)23(24)19-35(29(36)20-38-28-17-8-7-14-26(28)33)27(18-21-10-3-1-4-11-21)30(37)34-22-12-5-2-6-13-22/h1,3-4,7-11,14-17,22,27H,2,5-6,12-13,18-20H2,(H,34,37)/t27-/m0/s1. The number of para-hydroxylation sites is 1. The summed E-state index contributed by atoms with van der Waals surface area (Å²) >= 11 is 19.2.